The molecule has 3 N–H and O–H groups in total. The van der Waals surface area contributed by atoms with Crippen LogP contribution < -0.4 is 11.1 Å². The molecule has 0 bridgehead atoms. The number of nitrogens with one attached hydrogen (secondary N) is 1. The van der Waals surface area contributed by atoms with E-state index in [4.69, 9.17) is 5.73 Å². The lowest BCUT2D eigenvalue weighted by atomic mass is 10.1. The number of aliphatic imine (C=N–C) groups is 1. The van der Waals surface area contributed by atoms with Crippen LogP contribution in [0.3, 0.4) is 0 Å². The van der Waals surface area contributed by atoms with Crippen LogP contribution in [-0.2, 0) is 6.54 Å². The lowest BCUT2D eigenvalue weighted by Crippen LogP contribution is -2.22. The highest BCUT2D eigenvalue weighted by Crippen LogP contribution is 2.14. The maximum absolute atomic E-state index is 13.4. The Labute approximate surface area is 147 Å². The van der Waals surface area contributed by atoms with E-state index in [0.29, 0.717) is 18.1 Å². The summed E-state index contributed by atoms with van der Waals surface area (Å²) in [6.45, 7) is 6.18. The van der Waals surface area contributed by atoms with Gasteiger partial charge in [0, 0.05) is 5.69 Å². The second-order valence-corrected chi connectivity index (χ2v) is 5.21. The van der Waals surface area contributed by atoms with Gasteiger partial charge in [0.05, 0.1) is 6.54 Å². The Kier molecular flexibility index (Phi) is 6.80. The maximum atomic E-state index is 13.4. The first kappa shape index (κ1) is 18.4. The fourth-order valence-electron chi connectivity index (χ4n) is 1.92. The molecule has 3 nitrogen and oxygen atoms in total. The lowest BCUT2D eigenvalue weighted by molar-refractivity contribution is 0.616. The lowest BCUT2D eigenvalue weighted by Gasteiger charge is -2.08. The first-order chi connectivity index (χ1) is 9.95. The first-order valence-electron chi connectivity index (χ1n) is 6.85. The molecule has 0 saturated heterocycles. The molecule has 22 heavy (non-hydrogen) atoms. The number of halogens is 2. The van der Waals surface area contributed by atoms with Gasteiger partial charge in [-0.25, -0.2) is 9.38 Å². The summed E-state index contributed by atoms with van der Waals surface area (Å²) >= 11 is 0. The van der Waals surface area contributed by atoms with Crippen LogP contribution in [-0.4, -0.2) is 5.96 Å². The zero-order chi connectivity index (χ0) is 15.4. The Morgan fingerprint density at radius 3 is 2.36 bits per heavy atom. The number of rotatable bonds is 3. The van der Waals surface area contributed by atoms with Gasteiger partial charge >= 0.3 is 0 Å². The minimum absolute atomic E-state index is 0. The molecule has 0 fully saturated rings. The molecule has 0 saturated carbocycles. The minimum atomic E-state index is -0.219. The van der Waals surface area contributed by atoms with Crippen molar-refractivity contribution in [1.29, 1.82) is 0 Å². The van der Waals surface area contributed by atoms with Crippen molar-refractivity contribution in [2.75, 3.05) is 5.32 Å². The molecule has 0 aliphatic rings. The largest absolute Gasteiger partial charge is 0.370 e. The van der Waals surface area contributed by atoms with Gasteiger partial charge in [0.1, 0.15) is 5.82 Å². The fraction of sp³-hybridized carbons (Fsp3) is 0.235. The third-order valence-corrected chi connectivity index (χ3v) is 3.45. The molecule has 2 aromatic rings. The van der Waals surface area contributed by atoms with Crippen LogP contribution >= 0.6 is 24.0 Å². The third-order valence-electron chi connectivity index (χ3n) is 3.45. The number of hydrogen-bond acceptors (Lipinski definition) is 1. The predicted molar refractivity (Wildman–Crippen MR) is 101 cm³/mol. The third kappa shape index (κ3) is 4.98. The number of aryl methyl sites for hydroxylation is 3. The summed E-state index contributed by atoms with van der Waals surface area (Å²) in [5, 5.41) is 3.04. The fourth-order valence-corrected chi connectivity index (χ4v) is 1.92. The van der Waals surface area contributed by atoms with Crippen LogP contribution in [0.25, 0.3) is 0 Å². The van der Waals surface area contributed by atoms with Crippen molar-refractivity contribution in [3.8, 4) is 0 Å². The second-order valence-electron chi connectivity index (χ2n) is 5.21. The molecule has 0 radical (unpaired) electrons. The average molecular weight is 413 g/mol. The number of nitrogens with zero attached hydrogens (tertiary/aromatic N) is 1. The highest BCUT2D eigenvalue weighted by Gasteiger charge is 2.00. The van der Waals surface area contributed by atoms with Crippen molar-refractivity contribution in [2.24, 2.45) is 10.7 Å². The van der Waals surface area contributed by atoms with Crippen molar-refractivity contribution in [3.05, 3.63) is 64.5 Å². The Hall–Kier alpha value is -1.63. The average Bonchev–Trinajstić information content (AvgIpc) is 2.44. The Morgan fingerprint density at radius 2 is 1.73 bits per heavy atom. The zero-order valence-corrected chi connectivity index (χ0v) is 15.3. The maximum Gasteiger partial charge on any atom is 0.193 e. The van der Waals surface area contributed by atoms with Gasteiger partial charge in [-0.15, -0.1) is 24.0 Å². The first-order valence-corrected chi connectivity index (χ1v) is 6.85. The number of anilines is 1. The molecule has 0 amide bonds. The van der Waals surface area contributed by atoms with Crippen LogP contribution in [0.4, 0.5) is 10.1 Å². The molecule has 0 unspecified atom stereocenters. The number of nitrogens with two attached hydrogens (primary N) is 1. The molecule has 0 aliphatic carbocycles. The second kappa shape index (κ2) is 8.12. The summed E-state index contributed by atoms with van der Waals surface area (Å²) in [6, 6.07) is 11.1. The van der Waals surface area contributed by atoms with Gasteiger partial charge in [0.2, 0.25) is 0 Å². The molecule has 2 aromatic carbocycles. The van der Waals surface area contributed by atoms with Crippen molar-refractivity contribution in [3.63, 3.8) is 0 Å². The molecular weight excluding hydrogens is 392 g/mol. The summed E-state index contributed by atoms with van der Waals surface area (Å²) in [5.41, 5.74) is 10.6. The van der Waals surface area contributed by atoms with E-state index in [9.17, 15) is 4.39 Å². The number of benzene rings is 2. The summed E-state index contributed by atoms with van der Waals surface area (Å²) in [7, 11) is 0. The van der Waals surface area contributed by atoms with Gasteiger partial charge in [-0.1, -0.05) is 18.2 Å². The monoisotopic (exact) mass is 413 g/mol. The van der Waals surface area contributed by atoms with Gasteiger partial charge in [-0.05, 0) is 61.2 Å². The molecule has 0 aliphatic heterocycles. The van der Waals surface area contributed by atoms with E-state index in [1.165, 1.54) is 17.2 Å². The summed E-state index contributed by atoms with van der Waals surface area (Å²) in [4.78, 5) is 4.23. The summed E-state index contributed by atoms with van der Waals surface area (Å²) < 4.78 is 13.4. The van der Waals surface area contributed by atoms with Gasteiger partial charge in [0.15, 0.2) is 5.96 Å². The van der Waals surface area contributed by atoms with Crippen LogP contribution in [0.5, 0.6) is 0 Å². The van der Waals surface area contributed by atoms with Crippen molar-refractivity contribution >= 4 is 35.6 Å². The van der Waals surface area contributed by atoms with E-state index in [-0.39, 0.29) is 29.8 Å². The predicted octanol–water partition coefficient (Wildman–Crippen LogP) is 4.30. The topological polar surface area (TPSA) is 50.4 Å². The van der Waals surface area contributed by atoms with Gasteiger partial charge in [-0.2, -0.15) is 0 Å². The molecule has 118 valence electrons. The van der Waals surface area contributed by atoms with Gasteiger partial charge < -0.3 is 11.1 Å². The van der Waals surface area contributed by atoms with Crippen LogP contribution in [0.2, 0.25) is 0 Å². The quantitative estimate of drug-likeness (QED) is 0.448. The normalized spacial score (nSPS) is 11.0. The standard InChI is InChI=1S/C17H20FN3.HI/c1-11-5-7-15(8-13(11)3)21-17(19)20-10-14-6-4-12(2)16(18)9-14;/h4-9H,10H2,1-3H3,(H3,19,20,21);1H. The molecule has 5 heteroatoms. The van der Waals surface area contributed by atoms with Crippen molar-refractivity contribution in [1.82, 2.24) is 0 Å². The molecule has 0 spiro atoms. The number of hydrogen-bond donors (Lipinski definition) is 2. The Morgan fingerprint density at radius 1 is 1.05 bits per heavy atom. The van der Waals surface area contributed by atoms with E-state index in [2.05, 4.69) is 17.2 Å². The zero-order valence-electron chi connectivity index (χ0n) is 13.0. The molecular formula is C17H21FIN3. The van der Waals surface area contributed by atoms with Crippen molar-refractivity contribution < 1.29 is 4.39 Å². The highest BCUT2D eigenvalue weighted by molar-refractivity contribution is 14.0. The van der Waals surface area contributed by atoms with Crippen LogP contribution in [0, 0.1) is 26.6 Å². The van der Waals surface area contributed by atoms with Gasteiger partial charge in [0.25, 0.3) is 0 Å². The number of guanidine groups is 1. The minimum Gasteiger partial charge on any atom is -0.370 e. The summed E-state index contributed by atoms with van der Waals surface area (Å²) in [5.74, 6) is 0.0997. The van der Waals surface area contributed by atoms with E-state index in [0.717, 1.165) is 11.3 Å². The summed E-state index contributed by atoms with van der Waals surface area (Å²) in [6.07, 6.45) is 0. The van der Waals surface area contributed by atoms with E-state index in [1.54, 1.807) is 13.0 Å². The van der Waals surface area contributed by atoms with Crippen molar-refractivity contribution in [2.45, 2.75) is 27.3 Å². The smallest absolute Gasteiger partial charge is 0.193 e. The van der Waals surface area contributed by atoms with Gasteiger partial charge in [-0.3, -0.25) is 0 Å². The Bertz CT molecular complexity index is 684. The van der Waals surface area contributed by atoms with E-state index < -0.39 is 0 Å². The Balaban J connectivity index is 0.00000242. The van der Waals surface area contributed by atoms with Crippen LogP contribution in [0.15, 0.2) is 41.4 Å². The SMILES string of the molecule is Cc1ccc(NC(N)=NCc2ccc(C)c(F)c2)cc1C.I. The highest BCUT2D eigenvalue weighted by atomic mass is 127. The molecule has 0 aromatic heterocycles. The van der Waals surface area contributed by atoms with Crippen LogP contribution in [0.1, 0.15) is 22.3 Å². The van der Waals surface area contributed by atoms with E-state index >= 15 is 0 Å². The molecule has 0 heterocycles. The molecule has 2 rings (SSSR count). The van der Waals surface area contributed by atoms with E-state index in [1.807, 2.05) is 31.2 Å². The molecule has 0 atom stereocenters.